The first kappa shape index (κ1) is 15.3. The van der Waals surface area contributed by atoms with E-state index in [1.807, 2.05) is 6.92 Å². The molecular formula is C17H21NO3. The van der Waals surface area contributed by atoms with Crippen LogP contribution >= 0.6 is 0 Å². The fourth-order valence-corrected chi connectivity index (χ4v) is 2.08. The highest BCUT2D eigenvalue weighted by Crippen LogP contribution is 2.31. The molecule has 1 N–H and O–H groups in total. The van der Waals surface area contributed by atoms with Gasteiger partial charge < -0.3 is 10.1 Å². The average molecular weight is 287 g/mol. The van der Waals surface area contributed by atoms with Gasteiger partial charge in [0.1, 0.15) is 12.4 Å². The summed E-state index contributed by atoms with van der Waals surface area (Å²) in [5.74, 6) is 0.610. The molecule has 0 radical (unpaired) electrons. The van der Waals surface area contributed by atoms with E-state index in [9.17, 15) is 9.59 Å². The van der Waals surface area contributed by atoms with E-state index in [1.165, 1.54) is 6.92 Å². The first-order valence-electron chi connectivity index (χ1n) is 7.20. The van der Waals surface area contributed by atoms with Gasteiger partial charge >= 0.3 is 0 Å². The van der Waals surface area contributed by atoms with Crippen molar-refractivity contribution in [3.63, 3.8) is 0 Å². The van der Waals surface area contributed by atoms with E-state index in [-0.39, 0.29) is 17.6 Å². The molecule has 0 aliphatic heterocycles. The normalized spacial score (nSPS) is 14.2. The van der Waals surface area contributed by atoms with Gasteiger partial charge in [-0.25, -0.2) is 0 Å². The molecule has 1 aromatic rings. The molecule has 1 aromatic carbocycles. The second-order valence-electron chi connectivity index (χ2n) is 5.63. The number of anilines is 1. The van der Waals surface area contributed by atoms with Crippen molar-refractivity contribution in [3.05, 3.63) is 35.9 Å². The zero-order valence-corrected chi connectivity index (χ0v) is 12.6. The van der Waals surface area contributed by atoms with Gasteiger partial charge in [-0.1, -0.05) is 13.0 Å². The summed E-state index contributed by atoms with van der Waals surface area (Å²) in [6.45, 7) is 7.54. The number of rotatable bonds is 6. The number of ketones is 1. The number of hydrogen-bond donors (Lipinski definition) is 1. The van der Waals surface area contributed by atoms with E-state index in [4.69, 9.17) is 4.74 Å². The molecule has 0 aromatic heterocycles. The molecule has 1 fully saturated rings. The summed E-state index contributed by atoms with van der Waals surface area (Å²) >= 11 is 0. The van der Waals surface area contributed by atoms with Crippen molar-refractivity contribution in [1.29, 1.82) is 0 Å². The van der Waals surface area contributed by atoms with Gasteiger partial charge in [-0.3, -0.25) is 9.59 Å². The van der Waals surface area contributed by atoms with Crippen LogP contribution in [0.1, 0.15) is 43.5 Å². The van der Waals surface area contributed by atoms with Crippen molar-refractivity contribution in [2.75, 3.05) is 11.9 Å². The third kappa shape index (κ3) is 3.94. The fraction of sp³-hybridized carbons (Fsp3) is 0.412. The Morgan fingerprint density at radius 3 is 2.57 bits per heavy atom. The Labute approximate surface area is 125 Å². The Hall–Kier alpha value is -2.10. The summed E-state index contributed by atoms with van der Waals surface area (Å²) in [5.41, 5.74) is 2.00. The standard InChI is InChI=1S/C17H21NO3/c1-11(2)10-21-16-8-7-14(12(3)19)9-15(16)18-17(20)13-5-4-6-13/h7-9,13H,1,4-6,10H2,2-3H3,(H,18,20). The molecule has 4 nitrogen and oxygen atoms in total. The number of benzene rings is 1. The monoisotopic (exact) mass is 287 g/mol. The number of Topliss-reactive ketones (excluding diaryl/α,β-unsaturated/α-hetero) is 1. The summed E-state index contributed by atoms with van der Waals surface area (Å²) in [5, 5.41) is 2.89. The smallest absolute Gasteiger partial charge is 0.227 e. The Bertz CT molecular complexity index is 573. The Balaban J connectivity index is 2.19. The molecule has 1 saturated carbocycles. The molecule has 0 saturated heterocycles. The van der Waals surface area contributed by atoms with Crippen LogP contribution in [0, 0.1) is 5.92 Å². The predicted molar refractivity (Wildman–Crippen MR) is 82.7 cm³/mol. The van der Waals surface area contributed by atoms with Crippen LogP contribution in [-0.2, 0) is 4.79 Å². The van der Waals surface area contributed by atoms with Gasteiger partial charge in [0.05, 0.1) is 5.69 Å². The molecule has 1 aliphatic carbocycles. The first-order valence-corrected chi connectivity index (χ1v) is 7.20. The van der Waals surface area contributed by atoms with Gasteiger partial charge in [0.2, 0.25) is 5.91 Å². The Morgan fingerprint density at radius 1 is 1.33 bits per heavy atom. The maximum Gasteiger partial charge on any atom is 0.227 e. The van der Waals surface area contributed by atoms with E-state index >= 15 is 0 Å². The minimum Gasteiger partial charge on any atom is -0.487 e. The van der Waals surface area contributed by atoms with E-state index in [2.05, 4.69) is 11.9 Å². The van der Waals surface area contributed by atoms with Crippen molar-refractivity contribution >= 4 is 17.4 Å². The second kappa shape index (κ2) is 6.57. The maximum absolute atomic E-state index is 12.1. The van der Waals surface area contributed by atoms with Crippen molar-refractivity contribution in [2.45, 2.75) is 33.1 Å². The Morgan fingerprint density at radius 2 is 2.05 bits per heavy atom. The molecule has 1 amide bonds. The quantitative estimate of drug-likeness (QED) is 0.642. The number of hydrogen-bond acceptors (Lipinski definition) is 3. The summed E-state index contributed by atoms with van der Waals surface area (Å²) in [6, 6.07) is 5.10. The highest BCUT2D eigenvalue weighted by atomic mass is 16.5. The molecule has 21 heavy (non-hydrogen) atoms. The third-order valence-electron chi connectivity index (χ3n) is 3.59. The summed E-state index contributed by atoms with van der Waals surface area (Å²) in [6.07, 6.45) is 2.96. The average Bonchev–Trinajstić information content (AvgIpc) is 2.34. The lowest BCUT2D eigenvalue weighted by Crippen LogP contribution is -2.28. The fourth-order valence-electron chi connectivity index (χ4n) is 2.08. The van der Waals surface area contributed by atoms with Gasteiger partial charge in [0.15, 0.2) is 5.78 Å². The summed E-state index contributed by atoms with van der Waals surface area (Å²) < 4.78 is 5.64. The first-order chi connectivity index (χ1) is 9.97. The zero-order chi connectivity index (χ0) is 15.4. The van der Waals surface area contributed by atoms with Crippen LogP contribution in [0.5, 0.6) is 5.75 Å². The molecule has 112 valence electrons. The topological polar surface area (TPSA) is 55.4 Å². The lowest BCUT2D eigenvalue weighted by Gasteiger charge is -2.24. The van der Waals surface area contributed by atoms with Gasteiger partial charge in [-0.05, 0) is 50.5 Å². The third-order valence-corrected chi connectivity index (χ3v) is 3.59. The SMILES string of the molecule is C=C(C)COc1ccc(C(C)=O)cc1NC(=O)C1CCC1. The van der Waals surface area contributed by atoms with Crippen LogP contribution in [0.25, 0.3) is 0 Å². The van der Waals surface area contributed by atoms with E-state index < -0.39 is 0 Å². The van der Waals surface area contributed by atoms with Crippen LogP contribution in [0.15, 0.2) is 30.4 Å². The molecule has 0 spiro atoms. The molecule has 0 heterocycles. The zero-order valence-electron chi connectivity index (χ0n) is 12.6. The highest BCUT2D eigenvalue weighted by Gasteiger charge is 2.26. The van der Waals surface area contributed by atoms with Gasteiger partial charge in [0, 0.05) is 11.5 Å². The van der Waals surface area contributed by atoms with Crippen molar-refractivity contribution in [3.8, 4) is 5.75 Å². The molecule has 0 unspecified atom stereocenters. The summed E-state index contributed by atoms with van der Waals surface area (Å²) in [7, 11) is 0. The van der Waals surface area contributed by atoms with Gasteiger partial charge in [0.25, 0.3) is 0 Å². The minimum absolute atomic E-state index is 0.00197. The van der Waals surface area contributed by atoms with Crippen LogP contribution < -0.4 is 10.1 Å². The second-order valence-corrected chi connectivity index (χ2v) is 5.63. The molecule has 1 aliphatic rings. The molecule has 0 bridgehead atoms. The van der Waals surface area contributed by atoms with Crippen LogP contribution in [0.4, 0.5) is 5.69 Å². The van der Waals surface area contributed by atoms with Gasteiger partial charge in [-0.15, -0.1) is 0 Å². The lowest BCUT2D eigenvalue weighted by molar-refractivity contribution is -0.122. The van der Waals surface area contributed by atoms with E-state index in [0.717, 1.165) is 24.8 Å². The number of ether oxygens (including phenoxy) is 1. The van der Waals surface area contributed by atoms with E-state index in [1.54, 1.807) is 18.2 Å². The van der Waals surface area contributed by atoms with Crippen LogP contribution in [-0.4, -0.2) is 18.3 Å². The Kier molecular flexibility index (Phi) is 4.78. The molecule has 4 heteroatoms. The van der Waals surface area contributed by atoms with Crippen molar-refractivity contribution in [2.24, 2.45) is 5.92 Å². The van der Waals surface area contributed by atoms with E-state index in [0.29, 0.717) is 23.6 Å². The largest absolute Gasteiger partial charge is 0.487 e. The van der Waals surface area contributed by atoms with Crippen molar-refractivity contribution < 1.29 is 14.3 Å². The molecular weight excluding hydrogens is 266 g/mol. The minimum atomic E-state index is -0.0411. The molecule has 0 atom stereocenters. The molecule has 2 rings (SSSR count). The van der Waals surface area contributed by atoms with Crippen molar-refractivity contribution in [1.82, 2.24) is 0 Å². The van der Waals surface area contributed by atoms with Gasteiger partial charge in [-0.2, -0.15) is 0 Å². The number of nitrogens with one attached hydrogen (secondary N) is 1. The highest BCUT2D eigenvalue weighted by molar-refractivity contribution is 5.99. The maximum atomic E-state index is 12.1. The van der Waals surface area contributed by atoms with Crippen LogP contribution in [0.2, 0.25) is 0 Å². The predicted octanol–water partition coefficient (Wildman–Crippen LogP) is 3.58. The number of carbonyl (C=O) groups is 2. The lowest BCUT2D eigenvalue weighted by atomic mass is 9.85. The van der Waals surface area contributed by atoms with Crippen LogP contribution in [0.3, 0.4) is 0 Å². The summed E-state index contributed by atoms with van der Waals surface area (Å²) in [4.78, 5) is 23.6. The number of carbonyl (C=O) groups excluding carboxylic acids is 2. The number of amides is 1.